The number of nitrogens with one attached hydrogen (secondary N) is 5. The van der Waals surface area contributed by atoms with Crippen LogP contribution in [0, 0.1) is 0 Å². The number of H-pyrrole nitrogens is 1. The van der Waals surface area contributed by atoms with Crippen molar-refractivity contribution in [3.63, 3.8) is 0 Å². The van der Waals surface area contributed by atoms with Crippen molar-refractivity contribution in [1.82, 2.24) is 35.8 Å². The highest BCUT2D eigenvalue weighted by molar-refractivity contribution is 7.45. The van der Waals surface area contributed by atoms with Crippen LogP contribution in [0.15, 0.2) is 33.9 Å². The normalized spacial score (nSPS) is 15.6. The minimum Gasteiger partial charge on any atom is -0.846 e. The summed E-state index contributed by atoms with van der Waals surface area (Å²) >= 11 is 0. The average molecular weight is 1020 g/mol. The Balaban J connectivity index is 1.50. The standard InChI is InChI=1S/C39H50N7O24P/c1-16(70-71(67,68)69-15-26(49)31(55)25(48)14-46-24-13-18(47)3-2-17(24)12-19-32(46)44-39(66)45-34(19)57)33(56)43-23(38(64)65)6-10-29(52)41-21(36(60)61)4-8-27(50)40-20(35(58)59)5-9-28(51)42-22(37(62)63)7-11-30(53)54/h2-3,12-13,16,20-23,25-26,31,48-49,55H,4-11,14-15H2,1H3,(H,40,50)(H,41,52)(H,42,51)(H,43,56)(H,53,54)(H,58,59)(H,60,61)(H,62,63)(H,64,65)(H,67,68)(H2,44,45,57,66)/p-7/t16-,20-,21-,22-,23-,25-,26+,31-/m0/s1. The Labute approximate surface area is 397 Å². The van der Waals surface area contributed by atoms with Crippen molar-refractivity contribution in [1.29, 1.82) is 0 Å². The largest absolute Gasteiger partial charge is 0.846 e. The minimum absolute atomic E-state index is 0.0387. The molecule has 8 N–H and O–H groups in total. The van der Waals surface area contributed by atoms with E-state index in [2.05, 4.69) is 14.0 Å². The summed E-state index contributed by atoms with van der Waals surface area (Å²) in [6.07, 6.45) is -14.7. The van der Waals surface area contributed by atoms with Gasteiger partial charge in [-0.1, -0.05) is 0 Å². The molecule has 3 rings (SSSR count). The number of pyridine rings is 1. The molecule has 0 radical (unpaired) electrons. The summed E-state index contributed by atoms with van der Waals surface area (Å²) in [4.78, 5) is 149. The smallest absolute Gasteiger partial charge is 0.268 e. The number of rotatable bonds is 30. The fraction of sp³-hybridized carbons (Fsp3) is 0.487. The number of aliphatic carboxylic acids is 5. The maximum Gasteiger partial charge on any atom is 0.268 e. The van der Waals surface area contributed by atoms with Crippen molar-refractivity contribution in [2.75, 3.05) is 6.61 Å². The second-order valence-corrected chi connectivity index (χ2v) is 16.8. The van der Waals surface area contributed by atoms with Gasteiger partial charge in [0.1, 0.15) is 30.1 Å². The zero-order chi connectivity index (χ0) is 53.5. The van der Waals surface area contributed by atoms with E-state index < -0.39 is 191 Å². The summed E-state index contributed by atoms with van der Waals surface area (Å²) in [6.45, 7) is -1.28. The van der Waals surface area contributed by atoms with Gasteiger partial charge in [0.15, 0.2) is 5.43 Å². The van der Waals surface area contributed by atoms with E-state index in [4.69, 9.17) is 0 Å². The lowest BCUT2D eigenvalue weighted by molar-refractivity contribution is -0.311. The monoisotopic (exact) mass is 1020 g/mol. The molecular formula is C39H43N7O24P-7. The summed E-state index contributed by atoms with van der Waals surface area (Å²) in [6, 6.07) is -3.95. The number of carboxylic acids is 5. The SMILES string of the molecule is C[C@H](OP(=O)([O-])OC[C@@H](O)[C@@H](O)[C@@H](O)Cn1c2cc(=O)ccc-2cc2c(=O)[nH]c([O-])nc21)C(=O)N[C@@H](CCC(=O)N[C@@H](CCC(=O)N[C@@H](CCC(=O)N[C@@H](CCC(=O)[O-])C(=O)[O-])C(=O)[O-])C(=O)[O-])C(=O)[O-]. The molecule has 1 aliphatic heterocycles. The summed E-state index contributed by atoms with van der Waals surface area (Å²) < 4.78 is 22.6. The second-order valence-electron chi connectivity index (χ2n) is 15.4. The first-order chi connectivity index (χ1) is 33.1. The highest BCUT2D eigenvalue weighted by Crippen LogP contribution is 2.40. The fourth-order valence-corrected chi connectivity index (χ4v) is 7.26. The fourth-order valence-electron chi connectivity index (χ4n) is 6.38. The Morgan fingerprint density at radius 1 is 0.718 bits per heavy atom. The third-order valence-electron chi connectivity index (χ3n) is 10.1. The molecule has 1 aromatic rings. The first kappa shape index (κ1) is 57.9. The maximum absolute atomic E-state index is 12.7. The van der Waals surface area contributed by atoms with Crippen LogP contribution in [0.5, 0.6) is 6.01 Å². The van der Waals surface area contributed by atoms with Crippen LogP contribution in [-0.2, 0) is 63.3 Å². The molecule has 32 heteroatoms. The van der Waals surface area contributed by atoms with Gasteiger partial charge in [-0.05, 0) is 62.8 Å². The third kappa shape index (κ3) is 18.1. The first-order valence-electron chi connectivity index (χ1n) is 20.7. The van der Waals surface area contributed by atoms with Gasteiger partial charge in [-0.15, -0.1) is 0 Å². The van der Waals surface area contributed by atoms with E-state index in [0.717, 1.165) is 23.6 Å². The van der Waals surface area contributed by atoms with E-state index in [1.165, 1.54) is 12.1 Å². The second kappa shape index (κ2) is 26.0. The lowest BCUT2D eigenvalue weighted by atomic mass is 10.0. The van der Waals surface area contributed by atoms with Gasteiger partial charge >= 0.3 is 0 Å². The summed E-state index contributed by atoms with van der Waals surface area (Å²) in [7, 11) is -5.63. The molecule has 390 valence electrons. The van der Waals surface area contributed by atoms with E-state index >= 15 is 0 Å². The lowest BCUT2D eigenvalue weighted by Gasteiger charge is -2.30. The molecule has 2 heterocycles. The van der Waals surface area contributed by atoms with Crippen molar-refractivity contribution in [2.45, 2.75) is 113 Å². The Bertz CT molecular complexity index is 2620. The Kier molecular flexibility index (Phi) is 21.2. The van der Waals surface area contributed by atoms with Crippen molar-refractivity contribution >= 4 is 72.3 Å². The molecule has 9 atom stereocenters. The number of aliphatic hydroxyl groups is 3. The molecule has 71 heavy (non-hydrogen) atoms. The summed E-state index contributed by atoms with van der Waals surface area (Å²) in [5.41, 5.74) is -1.45. The van der Waals surface area contributed by atoms with Crippen molar-refractivity contribution < 1.29 is 108 Å². The number of fused-ring (bicyclic) bond motifs is 2. The number of nitrogens with zero attached hydrogens (tertiary/aromatic N) is 2. The van der Waals surface area contributed by atoms with Gasteiger partial charge in [0.05, 0.1) is 78.3 Å². The minimum atomic E-state index is -5.63. The van der Waals surface area contributed by atoms with Gasteiger partial charge in [-0.2, -0.15) is 0 Å². The van der Waals surface area contributed by atoms with E-state index in [1.807, 2.05) is 26.3 Å². The molecule has 1 unspecified atom stereocenters. The zero-order valence-electron chi connectivity index (χ0n) is 36.8. The lowest BCUT2D eigenvalue weighted by Crippen LogP contribution is -2.52. The number of hydrogen-bond donors (Lipinski definition) is 8. The topological polar surface area (TPSA) is 527 Å². The highest BCUT2D eigenvalue weighted by atomic mass is 31.2. The quantitative estimate of drug-likeness (QED) is 0.0227. The number of phosphoric ester groups is 1. The first-order valence-corrected chi connectivity index (χ1v) is 22.2. The zero-order valence-corrected chi connectivity index (χ0v) is 37.7. The van der Waals surface area contributed by atoms with Gasteiger partial charge in [0.2, 0.25) is 23.6 Å². The number of phosphoric acid groups is 1. The van der Waals surface area contributed by atoms with Crippen LogP contribution < -0.4 is 67.8 Å². The number of aliphatic hydroxyl groups excluding tert-OH is 3. The Morgan fingerprint density at radius 3 is 1.65 bits per heavy atom. The number of aromatic amines is 1. The number of carbonyl (C=O) groups excluding carboxylic acids is 9. The molecule has 1 aromatic heterocycles. The van der Waals surface area contributed by atoms with Gasteiger partial charge in [-0.25, -0.2) is 4.98 Å². The molecule has 4 amide bonds. The molecule has 1 aliphatic carbocycles. The summed E-state index contributed by atoms with van der Waals surface area (Å²) in [5.74, 6) is -14.3. The number of aromatic nitrogens is 3. The van der Waals surface area contributed by atoms with Gasteiger partial charge < -0.3 is 115 Å². The van der Waals surface area contributed by atoms with Crippen LogP contribution in [0.25, 0.3) is 22.3 Å². The van der Waals surface area contributed by atoms with E-state index in [0.29, 0.717) is 0 Å². The maximum atomic E-state index is 12.7. The molecule has 31 nitrogen and oxygen atoms in total. The van der Waals surface area contributed by atoms with Crippen molar-refractivity contribution in [3.05, 3.63) is 44.8 Å². The summed E-state index contributed by atoms with van der Waals surface area (Å²) in [5, 5.41) is 108. The van der Waals surface area contributed by atoms with Crippen LogP contribution in [0.4, 0.5) is 0 Å². The van der Waals surface area contributed by atoms with Crippen LogP contribution >= 0.6 is 7.82 Å². The van der Waals surface area contributed by atoms with E-state index in [9.17, 15) is 108 Å². The molecule has 0 saturated heterocycles. The van der Waals surface area contributed by atoms with Gasteiger partial charge in [-0.3, -0.25) is 33.3 Å². The molecule has 0 saturated carbocycles. The number of carboxylic acid groups (broad SMARTS) is 5. The molecule has 2 aliphatic rings. The number of carbonyl (C=O) groups is 9. The van der Waals surface area contributed by atoms with E-state index in [-0.39, 0.29) is 22.3 Å². The van der Waals surface area contributed by atoms with Crippen LogP contribution in [0.1, 0.15) is 58.3 Å². The van der Waals surface area contributed by atoms with Crippen LogP contribution in [0.2, 0.25) is 0 Å². The molecule has 0 aromatic carbocycles. The predicted octanol–water partition coefficient (Wildman–Crippen LogP) is -12.0. The average Bonchev–Trinajstić information content (AvgIpc) is 3.27. The predicted molar refractivity (Wildman–Crippen MR) is 215 cm³/mol. The number of benzene rings is 1. The third-order valence-corrected chi connectivity index (χ3v) is 11.1. The number of hydrogen-bond acceptors (Lipinski definition) is 25. The molecule has 0 fully saturated rings. The Morgan fingerprint density at radius 2 is 1.18 bits per heavy atom. The molecular weight excluding hydrogens is 981 g/mol. The molecule has 0 bridgehead atoms. The number of amides is 4. The molecule has 0 spiro atoms. The van der Waals surface area contributed by atoms with Crippen molar-refractivity contribution in [3.8, 4) is 17.3 Å². The van der Waals surface area contributed by atoms with Crippen LogP contribution in [0.3, 0.4) is 0 Å². The van der Waals surface area contributed by atoms with Crippen molar-refractivity contribution in [2.24, 2.45) is 0 Å². The van der Waals surface area contributed by atoms with E-state index in [1.54, 1.807) is 0 Å². The Hall–Kier alpha value is -7.41. The van der Waals surface area contributed by atoms with Gasteiger partial charge in [0.25, 0.3) is 13.4 Å². The highest BCUT2D eigenvalue weighted by Gasteiger charge is 2.30. The van der Waals surface area contributed by atoms with Gasteiger partial charge in [0, 0.05) is 31.3 Å². The van der Waals surface area contributed by atoms with Crippen LogP contribution in [-0.4, -0.2) is 139 Å².